The molecule has 2 N–H and O–H groups in total. The number of ether oxygens (including phenoxy) is 1. The maximum absolute atomic E-state index is 5.37. The van der Waals surface area contributed by atoms with Gasteiger partial charge in [0.05, 0.1) is 13.7 Å². The molecule has 0 saturated carbocycles. The van der Waals surface area contributed by atoms with Crippen LogP contribution in [0.4, 0.5) is 0 Å². The summed E-state index contributed by atoms with van der Waals surface area (Å²) in [7, 11) is 1.70. The van der Waals surface area contributed by atoms with Crippen LogP contribution in [0.3, 0.4) is 0 Å². The molecule has 0 heterocycles. The monoisotopic (exact) mass is 195 g/mol. The summed E-state index contributed by atoms with van der Waals surface area (Å²) in [5, 5.41) is 0. The molecule has 3 heteroatoms. The van der Waals surface area contributed by atoms with Crippen molar-refractivity contribution in [1.82, 2.24) is 0 Å². The first-order valence-electron chi connectivity index (χ1n) is 4.79. The molecule has 1 aromatic rings. The first-order chi connectivity index (χ1) is 6.83. The molecule has 0 radical (unpaired) electrons. The molecule has 0 aliphatic carbocycles. The van der Waals surface area contributed by atoms with Gasteiger partial charge in [-0.3, -0.25) is 0 Å². The van der Waals surface area contributed by atoms with E-state index < -0.39 is 0 Å². The van der Waals surface area contributed by atoms with Crippen molar-refractivity contribution in [3.8, 4) is 5.75 Å². The SMILES string of the molecule is CCc1cccc(CCON)c1OC. The molecule has 0 aliphatic heterocycles. The van der Waals surface area contributed by atoms with Crippen molar-refractivity contribution in [3.63, 3.8) is 0 Å². The van der Waals surface area contributed by atoms with Crippen LogP contribution in [-0.4, -0.2) is 13.7 Å². The van der Waals surface area contributed by atoms with Gasteiger partial charge in [-0.15, -0.1) is 0 Å². The Kier molecular flexibility index (Phi) is 4.43. The normalized spacial score (nSPS) is 10.2. The molecular formula is C11H17NO2. The molecule has 0 aromatic heterocycles. The molecule has 0 fully saturated rings. The van der Waals surface area contributed by atoms with Gasteiger partial charge in [-0.1, -0.05) is 25.1 Å². The number of nitrogens with two attached hydrogens (primary N) is 1. The smallest absolute Gasteiger partial charge is 0.125 e. The van der Waals surface area contributed by atoms with Crippen molar-refractivity contribution in [1.29, 1.82) is 0 Å². The minimum Gasteiger partial charge on any atom is -0.496 e. The number of aryl methyl sites for hydroxylation is 1. The van der Waals surface area contributed by atoms with Crippen molar-refractivity contribution in [3.05, 3.63) is 29.3 Å². The summed E-state index contributed by atoms with van der Waals surface area (Å²) < 4.78 is 5.37. The Bertz CT molecular complexity index is 287. The third-order valence-corrected chi connectivity index (χ3v) is 2.25. The second kappa shape index (κ2) is 5.62. The third kappa shape index (κ3) is 2.47. The fraction of sp³-hybridized carbons (Fsp3) is 0.455. The Morgan fingerprint density at radius 2 is 2.00 bits per heavy atom. The number of methoxy groups -OCH3 is 1. The molecule has 1 rings (SSSR count). The van der Waals surface area contributed by atoms with Crippen molar-refractivity contribution in [2.24, 2.45) is 5.90 Å². The number of para-hydroxylation sites is 1. The van der Waals surface area contributed by atoms with Crippen LogP contribution in [0.5, 0.6) is 5.75 Å². The molecular weight excluding hydrogens is 178 g/mol. The highest BCUT2D eigenvalue weighted by atomic mass is 16.6. The predicted octanol–water partition coefficient (Wildman–Crippen LogP) is 1.69. The van der Waals surface area contributed by atoms with E-state index in [9.17, 15) is 0 Å². The van der Waals surface area contributed by atoms with Crippen LogP contribution in [0, 0.1) is 0 Å². The highest BCUT2D eigenvalue weighted by molar-refractivity contribution is 5.41. The first-order valence-corrected chi connectivity index (χ1v) is 4.79. The summed E-state index contributed by atoms with van der Waals surface area (Å²) in [6, 6.07) is 6.15. The predicted molar refractivity (Wildman–Crippen MR) is 56.2 cm³/mol. The quantitative estimate of drug-likeness (QED) is 0.727. The van der Waals surface area contributed by atoms with Gasteiger partial charge in [0.25, 0.3) is 0 Å². The lowest BCUT2D eigenvalue weighted by Gasteiger charge is -2.11. The third-order valence-electron chi connectivity index (χ3n) is 2.25. The molecule has 0 amide bonds. The van der Waals surface area contributed by atoms with Gasteiger partial charge in [-0.25, -0.2) is 5.90 Å². The lowest BCUT2D eigenvalue weighted by atomic mass is 10.0. The van der Waals surface area contributed by atoms with Crippen LogP contribution in [0.2, 0.25) is 0 Å². The lowest BCUT2D eigenvalue weighted by Crippen LogP contribution is -2.05. The summed E-state index contributed by atoms with van der Waals surface area (Å²) in [6.45, 7) is 2.63. The molecule has 0 saturated heterocycles. The van der Waals surface area contributed by atoms with Crippen LogP contribution in [0.25, 0.3) is 0 Å². The topological polar surface area (TPSA) is 44.5 Å². The highest BCUT2D eigenvalue weighted by Crippen LogP contribution is 2.24. The maximum atomic E-state index is 5.37. The van der Waals surface area contributed by atoms with Crippen LogP contribution in [0.1, 0.15) is 18.1 Å². The zero-order valence-electron chi connectivity index (χ0n) is 8.75. The van der Waals surface area contributed by atoms with Gasteiger partial charge in [0, 0.05) is 6.42 Å². The average molecular weight is 195 g/mol. The Balaban J connectivity index is 2.90. The van der Waals surface area contributed by atoms with Gasteiger partial charge in [0.2, 0.25) is 0 Å². The van der Waals surface area contributed by atoms with Gasteiger partial charge >= 0.3 is 0 Å². The number of hydrogen-bond donors (Lipinski definition) is 1. The van der Waals surface area contributed by atoms with E-state index in [1.807, 2.05) is 12.1 Å². The van der Waals surface area contributed by atoms with Crippen molar-refractivity contribution >= 4 is 0 Å². The Morgan fingerprint density at radius 3 is 2.57 bits per heavy atom. The molecule has 78 valence electrons. The minimum absolute atomic E-state index is 0.517. The molecule has 0 atom stereocenters. The minimum atomic E-state index is 0.517. The number of benzene rings is 1. The fourth-order valence-corrected chi connectivity index (χ4v) is 1.54. The maximum Gasteiger partial charge on any atom is 0.125 e. The van der Waals surface area contributed by atoms with E-state index in [0.717, 1.165) is 24.2 Å². The Hall–Kier alpha value is -1.06. The molecule has 14 heavy (non-hydrogen) atoms. The van der Waals surface area contributed by atoms with Gasteiger partial charge < -0.3 is 9.57 Å². The van der Waals surface area contributed by atoms with Crippen LogP contribution < -0.4 is 10.6 Å². The van der Waals surface area contributed by atoms with E-state index in [1.165, 1.54) is 5.56 Å². The van der Waals surface area contributed by atoms with Gasteiger partial charge in [-0.2, -0.15) is 0 Å². The first kappa shape index (κ1) is 11.0. The molecule has 0 bridgehead atoms. The fourth-order valence-electron chi connectivity index (χ4n) is 1.54. The van der Waals surface area contributed by atoms with E-state index >= 15 is 0 Å². The van der Waals surface area contributed by atoms with Gasteiger partial charge in [0.1, 0.15) is 5.75 Å². The van der Waals surface area contributed by atoms with Crippen molar-refractivity contribution in [2.75, 3.05) is 13.7 Å². The van der Waals surface area contributed by atoms with E-state index in [2.05, 4.69) is 17.8 Å². The largest absolute Gasteiger partial charge is 0.496 e. The summed E-state index contributed by atoms with van der Waals surface area (Å²) in [4.78, 5) is 4.56. The highest BCUT2D eigenvalue weighted by Gasteiger charge is 2.06. The Morgan fingerprint density at radius 1 is 1.29 bits per heavy atom. The second-order valence-corrected chi connectivity index (χ2v) is 3.08. The zero-order chi connectivity index (χ0) is 10.4. The molecule has 0 unspecified atom stereocenters. The average Bonchev–Trinajstić information content (AvgIpc) is 2.25. The number of hydrogen-bond acceptors (Lipinski definition) is 3. The van der Waals surface area contributed by atoms with E-state index in [1.54, 1.807) is 7.11 Å². The summed E-state index contributed by atoms with van der Waals surface area (Å²) >= 11 is 0. The van der Waals surface area contributed by atoms with E-state index in [-0.39, 0.29) is 0 Å². The lowest BCUT2D eigenvalue weighted by molar-refractivity contribution is 0.140. The van der Waals surface area contributed by atoms with Crippen LogP contribution in [-0.2, 0) is 17.7 Å². The second-order valence-electron chi connectivity index (χ2n) is 3.08. The molecule has 0 aliphatic rings. The van der Waals surface area contributed by atoms with Gasteiger partial charge in [0.15, 0.2) is 0 Å². The summed E-state index contributed by atoms with van der Waals surface area (Å²) in [5.41, 5.74) is 2.37. The van der Waals surface area contributed by atoms with Crippen molar-refractivity contribution < 1.29 is 9.57 Å². The molecule has 0 spiro atoms. The standard InChI is InChI=1S/C11H17NO2/c1-3-9-5-4-6-10(7-8-14-12)11(9)13-2/h4-6H,3,7-8,12H2,1-2H3. The molecule has 3 nitrogen and oxygen atoms in total. The van der Waals surface area contributed by atoms with Gasteiger partial charge in [-0.05, 0) is 17.5 Å². The van der Waals surface area contributed by atoms with Crippen LogP contribution in [0.15, 0.2) is 18.2 Å². The van der Waals surface area contributed by atoms with Crippen LogP contribution >= 0.6 is 0 Å². The van der Waals surface area contributed by atoms with E-state index in [4.69, 9.17) is 10.6 Å². The zero-order valence-corrected chi connectivity index (χ0v) is 8.75. The van der Waals surface area contributed by atoms with Crippen molar-refractivity contribution in [2.45, 2.75) is 19.8 Å². The summed E-state index contributed by atoms with van der Waals surface area (Å²) in [6.07, 6.45) is 1.76. The molecule has 1 aromatic carbocycles. The van der Waals surface area contributed by atoms with E-state index in [0.29, 0.717) is 6.61 Å². The summed E-state index contributed by atoms with van der Waals surface area (Å²) in [5.74, 6) is 5.96. The Labute approximate surface area is 84.8 Å². The number of rotatable bonds is 5.